The second-order valence-electron chi connectivity index (χ2n) is 4.95. The molecular weight excluding hydrogens is 146 g/mol. The zero-order valence-electron chi connectivity index (χ0n) is 8.85. The molecule has 1 unspecified atom stereocenters. The highest BCUT2D eigenvalue weighted by Crippen LogP contribution is 2.34. The van der Waals surface area contributed by atoms with Crippen molar-refractivity contribution in [3.8, 4) is 0 Å². The number of rotatable bonds is 0. The molecule has 1 rings (SSSR count). The van der Waals surface area contributed by atoms with Crippen molar-refractivity contribution in [3.05, 3.63) is 12.3 Å². The Morgan fingerprint density at radius 1 is 1.42 bits per heavy atom. The molecular formula is C11H21N. The SMILES string of the molecule is C=C1CCCC(C(C)(C)C)N1C. The summed E-state index contributed by atoms with van der Waals surface area (Å²) in [4.78, 5) is 2.36. The quantitative estimate of drug-likeness (QED) is 0.536. The fourth-order valence-electron chi connectivity index (χ4n) is 2.10. The van der Waals surface area contributed by atoms with Crippen LogP contribution in [-0.2, 0) is 0 Å². The lowest BCUT2D eigenvalue weighted by molar-refractivity contribution is 0.122. The Morgan fingerprint density at radius 3 is 2.42 bits per heavy atom. The van der Waals surface area contributed by atoms with E-state index < -0.39 is 0 Å². The Bertz CT molecular complexity index is 176. The lowest BCUT2D eigenvalue weighted by Gasteiger charge is -2.43. The molecule has 1 nitrogen and oxygen atoms in total. The maximum absolute atomic E-state index is 4.08. The van der Waals surface area contributed by atoms with Crippen LogP contribution in [0.5, 0.6) is 0 Å². The predicted octanol–water partition coefficient (Wildman–Crippen LogP) is 3.03. The van der Waals surface area contributed by atoms with Crippen molar-refractivity contribution >= 4 is 0 Å². The van der Waals surface area contributed by atoms with E-state index in [0.29, 0.717) is 11.5 Å². The topological polar surface area (TPSA) is 3.24 Å². The summed E-state index contributed by atoms with van der Waals surface area (Å²) < 4.78 is 0. The van der Waals surface area contributed by atoms with Gasteiger partial charge in [0, 0.05) is 18.8 Å². The first-order valence-electron chi connectivity index (χ1n) is 4.83. The van der Waals surface area contributed by atoms with E-state index in [0.717, 1.165) is 0 Å². The van der Waals surface area contributed by atoms with Crippen LogP contribution < -0.4 is 0 Å². The summed E-state index contributed by atoms with van der Waals surface area (Å²) in [5.41, 5.74) is 1.69. The van der Waals surface area contributed by atoms with Crippen molar-refractivity contribution in [1.82, 2.24) is 4.90 Å². The summed E-state index contributed by atoms with van der Waals surface area (Å²) in [7, 11) is 2.18. The highest BCUT2D eigenvalue weighted by Gasteiger charge is 2.30. The minimum absolute atomic E-state index is 0.387. The van der Waals surface area contributed by atoms with E-state index in [4.69, 9.17) is 0 Å². The molecule has 1 aliphatic rings. The Kier molecular flexibility index (Phi) is 2.50. The van der Waals surface area contributed by atoms with Gasteiger partial charge in [0.25, 0.3) is 0 Å². The second-order valence-corrected chi connectivity index (χ2v) is 4.95. The van der Waals surface area contributed by atoms with Gasteiger partial charge in [-0.05, 0) is 24.7 Å². The van der Waals surface area contributed by atoms with E-state index in [-0.39, 0.29) is 0 Å². The lowest BCUT2D eigenvalue weighted by Crippen LogP contribution is -2.43. The molecule has 0 spiro atoms. The van der Waals surface area contributed by atoms with Crippen LogP contribution in [0, 0.1) is 5.41 Å². The first-order valence-corrected chi connectivity index (χ1v) is 4.83. The Labute approximate surface area is 76.5 Å². The monoisotopic (exact) mass is 167 g/mol. The molecule has 1 aliphatic heterocycles. The summed E-state index contributed by atoms with van der Waals surface area (Å²) in [6.07, 6.45) is 3.81. The third-order valence-electron chi connectivity index (χ3n) is 2.91. The van der Waals surface area contributed by atoms with E-state index in [1.54, 1.807) is 0 Å². The van der Waals surface area contributed by atoms with Gasteiger partial charge < -0.3 is 4.90 Å². The van der Waals surface area contributed by atoms with Gasteiger partial charge in [-0.15, -0.1) is 0 Å². The van der Waals surface area contributed by atoms with Crippen molar-refractivity contribution in [2.75, 3.05) is 7.05 Å². The van der Waals surface area contributed by atoms with Crippen LogP contribution >= 0.6 is 0 Å². The molecule has 0 radical (unpaired) electrons. The Balaban J connectivity index is 2.70. The van der Waals surface area contributed by atoms with E-state index in [1.165, 1.54) is 25.0 Å². The molecule has 0 N–H and O–H groups in total. The normalized spacial score (nSPS) is 26.2. The van der Waals surface area contributed by atoms with Crippen LogP contribution in [0.2, 0.25) is 0 Å². The molecule has 70 valence electrons. The summed E-state index contributed by atoms with van der Waals surface area (Å²) in [5.74, 6) is 0. The third kappa shape index (κ3) is 1.82. The van der Waals surface area contributed by atoms with E-state index in [1.807, 2.05) is 0 Å². The number of allylic oxidation sites excluding steroid dienone is 1. The van der Waals surface area contributed by atoms with Crippen LogP contribution in [0.3, 0.4) is 0 Å². The number of hydrogen-bond acceptors (Lipinski definition) is 1. The molecule has 0 aromatic heterocycles. The van der Waals surface area contributed by atoms with Crippen molar-refractivity contribution in [3.63, 3.8) is 0 Å². The molecule has 0 saturated carbocycles. The lowest BCUT2D eigenvalue weighted by atomic mass is 9.80. The van der Waals surface area contributed by atoms with Crippen molar-refractivity contribution in [1.29, 1.82) is 0 Å². The Hall–Kier alpha value is -0.460. The second kappa shape index (κ2) is 3.12. The van der Waals surface area contributed by atoms with Crippen LogP contribution in [0.15, 0.2) is 12.3 Å². The molecule has 1 atom stereocenters. The summed E-state index contributed by atoms with van der Waals surface area (Å²) in [6.45, 7) is 11.0. The van der Waals surface area contributed by atoms with Crippen molar-refractivity contribution in [2.24, 2.45) is 5.41 Å². The minimum Gasteiger partial charge on any atom is -0.375 e. The largest absolute Gasteiger partial charge is 0.375 e. The molecule has 1 heterocycles. The number of nitrogens with zero attached hydrogens (tertiary/aromatic N) is 1. The van der Waals surface area contributed by atoms with E-state index >= 15 is 0 Å². The highest BCUT2D eigenvalue weighted by atomic mass is 15.2. The van der Waals surface area contributed by atoms with Gasteiger partial charge in [0.1, 0.15) is 0 Å². The Morgan fingerprint density at radius 2 is 2.00 bits per heavy atom. The first kappa shape index (κ1) is 9.63. The van der Waals surface area contributed by atoms with Crippen molar-refractivity contribution < 1.29 is 0 Å². The number of likely N-dealkylation sites (tertiary alicyclic amines) is 1. The zero-order valence-corrected chi connectivity index (χ0v) is 8.85. The number of piperidine rings is 1. The fourth-order valence-corrected chi connectivity index (χ4v) is 2.10. The highest BCUT2D eigenvalue weighted by molar-refractivity contribution is 5.02. The van der Waals surface area contributed by atoms with Gasteiger partial charge in [-0.25, -0.2) is 0 Å². The molecule has 0 aliphatic carbocycles. The molecule has 1 saturated heterocycles. The van der Waals surface area contributed by atoms with E-state index in [2.05, 4.69) is 39.3 Å². The molecule has 0 amide bonds. The third-order valence-corrected chi connectivity index (χ3v) is 2.91. The van der Waals surface area contributed by atoms with Gasteiger partial charge in [-0.3, -0.25) is 0 Å². The maximum atomic E-state index is 4.08. The van der Waals surface area contributed by atoms with Crippen LogP contribution in [-0.4, -0.2) is 18.0 Å². The summed E-state index contributed by atoms with van der Waals surface area (Å²) in [6, 6.07) is 0.679. The number of hydrogen-bond donors (Lipinski definition) is 0. The fraction of sp³-hybridized carbons (Fsp3) is 0.818. The van der Waals surface area contributed by atoms with Crippen LogP contribution in [0.25, 0.3) is 0 Å². The smallest absolute Gasteiger partial charge is 0.0331 e. The van der Waals surface area contributed by atoms with Crippen molar-refractivity contribution in [2.45, 2.75) is 46.1 Å². The van der Waals surface area contributed by atoms with Gasteiger partial charge in [-0.2, -0.15) is 0 Å². The zero-order chi connectivity index (χ0) is 9.35. The predicted molar refractivity (Wildman–Crippen MR) is 54.0 cm³/mol. The van der Waals surface area contributed by atoms with Crippen LogP contribution in [0.4, 0.5) is 0 Å². The van der Waals surface area contributed by atoms with Gasteiger partial charge >= 0.3 is 0 Å². The van der Waals surface area contributed by atoms with E-state index in [9.17, 15) is 0 Å². The standard InChI is InChI=1S/C11H21N/c1-9-7-6-8-10(12(9)5)11(2,3)4/h10H,1,6-8H2,2-5H3. The van der Waals surface area contributed by atoms with Gasteiger partial charge in [0.15, 0.2) is 0 Å². The molecule has 0 bridgehead atoms. The molecule has 0 aromatic carbocycles. The molecule has 1 fully saturated rings. The maximum Gasteiger partial charge on any atom is 0.0331 e. The van der Waals surface area contributed by atoms with Gasteiger partial charge in [0.2, 0.25) is 0 Å². The summed E-state index contributed by atoms with van der Waals surface area (Å²) in [5, 5.41) is 0. The average molecular weight is 167 g/mol. The van der Waals surface area contributed by atoms with Gasteiger partial charge in [0.05, 0.1) is 0 Å². The minimum atomic E-state index is 0.387. The molecule has 1 heteroatoms. The summed E-state index contributed by atoms with van der Waals surface area (Å²) >= 11 is 0. The molecule has 0 aromatic rings. The van der Waals surface area contributed by atoms with Crippen LogP contribution in [0.1, 0.15) is 40.0 Å². The first-order chi connectivity index (χ1) is 5.43. The van der Waals surface area contributed by atoms with Gasteiger partial charge in [-0.1, -0.05) is 27.4 Å². The average Bonchev–Trinajstić information content (AvgIpc) is 1.92. The molecule has 12 heavy (non-hydrogen) atoms.